The maximum Gasteiger partial charge on any atom is 0.159 e. The molecule has 1 heterocycles. The number of halogens is 1. The number of aromatic nitrogens is 2. The molecule has 0 radical (unpaired) electrons. The van der Waals surface area contributed by atoms with E-state index >= 15 is 0 Å². The standard InChI is InChI=1S/C17H14FN3/c18-15-8-4-5-13(9-15)10-19-16-11-20-17(21-12-16)14-6-2-1-3-7-14/h1-9,11-12,19H,10H2. The van der Waals surface area contributed by atoms with Gasteiger partial charge >= 0.3 is 0 Å². The van der Waals surface area contributed by atoms with Crippen LogP contribution in [-0.2, 0) is 6.54 Å². The van der Waals surface area contributed by atoms with E-state index in [1.165, 1.54) is 12.1 Å². The molecular formula is C17H14FN3. The third-order valence-electron chi connectivity index (χ3n) is 3.07. The molecule has 2 aromatic carbocycles. The molecule has 4 heteroatoms. The third kappa shape index (κ3) is 3.42. The molecule has 1 aromatic heterocycles. The summed E-state index contributed by atoms with van der Waals surface area (Å²) in [6, 6.07) is 16.3. The fourth-order valence-corrected chi connectivity index (χ4v) is 2.01. The van der Waals surface area contributed by atoms with Gasteiger partial charge < -0.3 is 5.32 Å². The molecule has 0 aliphatic heterocycles. The Morgan fingerprint density at radius 3 is 2.38 bits per heavy atom. The lowest BCUT2D eigenvalue weighted by Gasteiger charge is -2.06. The van der Waals surface area contributed by atoms with Gasteiger partial charge in [-0.15, -0.1) is 0 Å². The van der Waals surface area contributed by atoms with Crippen molar-refractivity contribution in [2.45, 2.75) is 6.54 Å². The van der Waals surface area contributed by atoms with Crippen LogP contribution in [0.2, 0.25) is 0 Å². The van der Waals surface area contributed by atoms with E-state index in [1.807, 2.05) is 36.4 Å². The highest BCUT2D eigenvalue weighted by molar-refractivity contribution is 5.55. The van der Waals surface area contributed by atoms with E-state index in [0.29, 0.717) is 12.4 Å². The Hall–Kier alpha value is -2.75. The molecule has 0 amide bonds. The molecule has 0 aliphatic carbocycles. The Morgan fingerprint density at radius 1 is 0.905 bits per heavy atom. The largest absolute Gasteiger partial charge is 0.378 e. The van der Waals surface area contributed by atoms with Crippen molar-refractivity contribution >= 4 is 5.69 Å². The van der Waals surface area contributed by atoms with Crippen molar-refractivity contribution in [2.75, 3.05) is 5.32 Å². The van der Waals surface area contributed by atoms with E-state index in [4.69, 9.17) is 0 Å². The van der Waals surface area contributed by atoms with Crippen molar-refractivity contribution < 1.29 is 4.39 Å². The van der Waals surface area contributed by atoms with Crippen LogP contribution in [-0.4, -0.2) is 9.97 Å². The van der Waals surface area contributed by atoms with Crippen LogP contribution in [0.4, 0.5) is 10.1 Å². The molecule has 0 aliphatic rings. The smallest absolute Gasteiger partial charge is 0.159 e. The number of benzene rings is 2. The van der Waals surface area contributed by atoms with Gasteiger partial charge in [0.1, 0.15) is 5.82 Å². The molecule has 0 atom stereocenters. The Balaban J connectivity index is 1.68. The van der Waals surface area contributed by atoms with Crippen LogP contribution >= 0.6 is 0 Å². The molecule has 3 aromatic rings. The Bertz CT molecular complexity index is 712. The molecular weight excluding hydrogens is 265 g/mol. The molecule has 0 bridgehead atoms. The van der Waals surface area contributed by atoms with Crippen molar-refractivity contribution in [3.8, 4) is 11.4 Å². The fourth-order valence-electron chi connectivity index (χ4n) is 2.01. The summed E-state index contributed by atoms with van der Waals surface area (Å²) >= 11 is 0. The Kier molecular flexibility index (Phi) is 3.87. The van der Waals surface area contributed by atoms with Crippen LogP contribution in [0.5, 0.6) is 0 Å². The number of nitrogens with one attached hydrogen (secondary N) is 1. The molecule has 104 valence electrons. The number of hydrogen-bond acceptors (Lipinski definition) is 3. The summed E-state index contributed by atoms with van der Waals surface area (Å²) in [6.07, 6.45) is 3.46. The second kappa shape index (κ2) is 6.13. The molecule has 0 saturated carbocycles. The fraction of sp³-hybridized carbons (Fsp3) is 0.0588. The molecule has 3 nitrogen and oxygen atoms in total. The first-order valence-corrected chi connectivity index (χ1v) is 6.67. The highest BCUT2D eigenvalue weighted by atomic mass is 19.1. The van der Waals surface area contributed by atoms with E-state index < -0.39 is 0 Å². The third-order valence-corrected chi connectivity index (χ3v) is 3.07. The second-order valence-electron chi connectivity index (χ2n) is 4.64. The predicted octanol–water partition coefficient (Wildman–Crippen LogP) is 3.89. The zero-order chi connectivity index (χ0) is 14.5. The first-order chi connectivity index (χ1) is 10.3. The summed E-state index contributed by atoms with van der Waals surface area (Å²) in [5.41, 5.74) is 2.66. The van der Waals surface area contributed by atoms with E-state index in [2.05, 4.69) is 15.3 Å². The average Bonchev–Trinajstić information content (AvgIpc) is 2.54. The lowest BCUT2D eigenvalue weighted by molar-refractivity contribution is 0.626. The molecule has 21 heavy (non-hydrogen) atoms. The van der Waals surface area contributed by atoms with Gasteiger partial charge in [-0.2, -0.15) is 0 Å². The van der Waals surface area contributed by atoms with Gasteiger partial charge in [0.25, 0.3) is 0 Å². The molecule has 0 spiro atoms. The number of rotatable bonds is 4. The number of nitrogens with zero attached hydrogens (tertiary/aromatic N) is 2. The van der Waals surface area contributed by atoms with Crippen LogP contribution in [0.3, 0.4) is 0 Å². The average molecular weight is 279 g/mol. The molecule has 3 rings (SSSR count). The Morgan fingerprint density at radius 2 is 1.67 bits per heavy atom. The van der Waals surface area contributed by atoms with Crippen molar-refractivity contribution in [3.05, 3.63) is 78.4 Å². The Labute approximate surface area is 122 Å². The molecule has 0 fully saturated rings. The monoisotopic (exact) mass is 279 g/mol. The van der Waals surface area contributed by atoms with Crippen molar-refractivity contribution in [3.63, 3.8) is 0 Å². The quantitative estimate of drug-likeness (QED) is 0.787. The number of anilines is 1. The lowest BCUT2D eigenvalue weighted by Crippen LogP contribution is -2.01. The molecule has 0 unspecified atom stereocenters. The highest BCUT2D eigenvalue weighted by Gasteiger charge is 2.01. The SMILES string of the molecule is Fc1cccc(CNc2cnc(-c3ccccc3)nc2)c1. The van der Waals surface area contributed by atoms with Gasteiger partial charge in [-0.3, -0.25) is 0 Å². The van der Waals surface area contributed by atoms with Crippen LogP contribution < -0.4 is 5.32 Å². The van der Waals surface area contributed by atoms with Crippen LogP contribution in [0, 0.1) is 5.82 Å². The predicted molar refractivity (Wildman–Crippen MR) is 81.2 cm³/mol. The summed E-state index contributed by atoms with van der Waals surface area (Å²) in [4.78, 5) is 8.66. The van der Waals surface area contributed by atoms with Crippen LogP contribution in [0.25, 0.3) is 11.4 Å². The van der Waals surface area contributed by atoms with E-state index in [-0.39, 0.29) is 5.82 Å². The molecule has 1 N–H and O–H groups in total. The van der Waals surface area contributed by atoms with E-state index in [9.17, 15) is 4.39 Å². The van der Waals surface area contributed by atoms with Gasteiger partial charge in [0, 0.05) is 12.1 Å². The van der Waals surface area contributed by atoms with Crippen LogP contribution in [0.1, 0.15) is 5.56 Å². The highest BCUT2D eigenvalue weighted by Crippen LogP contribution is 2.15. The summed E-state index contributed by atoms with van der Waals surface area (Å²) in [5, 5.41) is 3.18. The topological polar surface area (TPSA) is 37.8 Å². The summed E-state index contributed by atoms with van der Waals surface area (Å²) in [6.45, 7) is 0.534. The number of hydrogen-bond donors (Lipinski definition) is 1. The van der Waals surface area contributed by atoms with Gasteiger partial charge in [-0.25, -0.2) is 14.4 Å². The van der Waals surface area contributed by atoms with Gasteiger partial charge in [0.15, 0.2) is 5.82 Å². The first kappa shape index (κ1) is 13.2. The maximum absolute atomic E-state index is 13.1. The summed E-state index contributed by atoms with van der Waals surface area (Å²) in [5.74, 6) is 0.455. The normalized spacial score (nSPS) is 10.3. The maximum atomic E-state index is 13.1. The van der Waals surface area contributed by atoms with Gasteiger partial charge in [0.2, 0.25) is 0 Å². The molecule has 0 saturated heterocycles. The van der Waals surface area contributed by atoms with Gasteiger partial charge in [-0.1, -0.05) is 42.5 Å². The van der Waals surface area contributed by atoms with Gasteiger partial charge in [-0.05, 0) is 17.7 Å². The van der Waals surface area contributed by atoms with E-state index in [0.717, 1.165) is 16.8 Å². The van der Waals surface area contributed by atoms with Crippen molar-refractivity contribution in [1.29, 1.82) is 0 Å². The minimum absolute atomic E-state index is 0.232. The van der Waals surface area contributed by atoms with Gasteiger partial charge in [0.05, 0.1) is 18.1 Å². The lowest BCUT2D eigenvalue weighted by atomic mass is 10.2. The second-order valence-corrected chi connectivity index (χ2v) is 4.64. The first-order valence-electron chi connectivity index (χ1n) is 6.67. The minimum Gasteiger partial charge on any atom is -0.378 e. The zero-order valence-electron chi connectivity index (χ0n) is 11.3. The van der Waals surface area contributed by atoms with E-state index in [1.54, 1.807) is 18.5 Å². The zero-order valence-corrected chi connectivity index (χ0v) is 11.3. The summed E-state index contributed by atoms with van der Waals surface area (Å²) < 4.78 is 13.1. The summed E-state index contributed by atoms with van der Waals surface area (Å²) in [7, 11) is 0. The minimum atomic E-state index is -0.232. The van der Waals surface area contributed by atoms with Crippen molar-refractivity contribution in [1.82, 2.24) is 9.97 Å². The van der Waals surface area contributed by atoms with Crippen molar-refractivity contribution in [2.24, 2.45) is 0 Å². The van der Waals surface area contributed by atoms with Crippen LogP contribution in [0.15, 0.2) is 67.0 Å².